The standard InChI is InChI=1S/C14H16N2O4S/c1-3-10-9(14(18)19)5-11(20-10)13(17)15-6-8-7-21-12(4-2)16-8/h5,7H,3-4,6H2,1-2H3,(H,15,17)(H,18,19). The number of nitrogens with one attached hydrogen (secondary N) is 1. The van der Waals surface area contributed by atoms with Crippen LogP contribution in [0.15, 0.2) is 15.9 Å². The molecule has 0 saturated heterocycles. The summed E-state index contributed by atoms with van der Waals surface area (Å²) in [6.45, 7) is 4.08. The van der Waals surface area contributed by atoms with E-state index < -0.39 is 11.9 Å². The third kappa shape index (κ3) is 3.49. The molecule has 21 heavy (non-hydrogen) atoms. The molecule has 6 nitrogen and oxygen atoms in total. The highest BCUT2D eigenvalue weighted by Crippen LogP contribution is 2.17. The van der Waals surface area contributed by atoms with Crippen LogP contribution in [0.25, 0.3) is 0 Å². The lowest BCUT2D eigenvalue weighted by atomic mass is 10.2. The lowest BCUT2D eigenvalue weighted by molar-refractivity contribution is 0.0694. The van der Waals surface area contributed by atoms with Gasteiger partial charge in [0.05, 0.1) is 17.2 Å². The fourth-order valence-electron chi connectivity index (χ4n) is 1.83. The van der Waals surface area contributed by atoms with Crippen molar-refractivity contribution < 1.29 is 19.1 Å². The minimum Gasteiger partial charge on any atom is -0.478 e. The van der Waals surface area contributed by atoms with Gasteiger partial charge in [-0.1, -0.05) is 13.8 Å². The predicted octanol–water partition coefficient (Wildman–Crippen LogP) is 2.49. The first-order valence-electron chi connectivity index (χ1n) is 6.62. The van der Waals surface area contributed by atoms with Gasteiger partial charge in [-0.25, -0.2) is 9.78 Å². The van der Waals surface area contributed by atoms with Crippen molar-refractivity contribution in [2.75, 3.05) is 0 Å². The number of aryl methyl sites for hydroxylation is 2. The summed E-state index contributed by atoms with van der Waals surface area (Å²) in [5, 5.41) is 14.6. The SMILES string of the molecule is CCc1nc(CNC(=O)c2cc(C(=O)O)c(CC)o2)cs1. The number of carbonyl (C=O) groups is 2. The number of hydrogen-bond donors (Lipinski definition) is 2. The second-order valence-electron chi connectivity index (χ2n) is 4.38. The number of aromatic nitrogens is 1. The van der Waals surface area contributed by atoms with Crippen molar-refractivity contribution in [2.24, 2.45) is 0 Å². The number of rotatable bonds is 6. The molecule has 0 radical (unpaired) electrons. The van der Waals surface area contributed by atoms with E-state index >= 15 is 0 Å². The zero-order chi connectivity index (χ0) is 15.4. The van der Waals surface area contributed by atoms with E-state index in [0.29, 0.717) is 18.7 Å². The third-order valence-corrected chi connectivity index (χ3v) is 3.96. The molecule has 0 spiro atoms. The molecule has 7 heteroatoms. The van der Waals surface area contributed by atoms with E-state index in [0.717, 1.165) is 17.1 Å². The van der Waals surface area contributed by atoms with E-state index in [1.54, 1.807) is 18.3 Å². The Hall–Kier alpha value is -2.15. The summed E-state index contributed by atoms with van der Waals surface area (Å²) in [7, 11) is 0. The summed E-state index contributed by atoms with van der Waals surface area (Å²) in [4.78, 5) is 27.3. The van der Waals surface area contributed by atoms with Crippen molar-refractivity contribution in [3.63, 3.8) is 0 Å². The van der Waals surface area contributed by atoms with Gasteiger partial charge >= 0.3 is 5.97 Å². The predicted molar refractivity (Wildman–Crippen MR) is 77.7 cm³/mol. The van der Waals surface area contributed by atoms with Crippen LogP contribution in [0.1, 0.15) is 51.2 Å². The molecule has 0 bridgehead atoms. The first kappa shape index (κ1) is 15.2. The Labute approximate surface area is 125 Å². The van der Waals surface area contributed by atoms with Gasteiger partial charge in [0.2, 0.25) is 0 Å². The number of aromatic carboxylic acids is 1. The second kappa shape index (κ2) is 6.53. The molecule has 1 amide bonds. The molecule has 0 aromatic carbocycles. The van der Waals surface area contributed by atoms with Crippen molar-refractivity contribution in [3.8, 4) is 0 Å². The van der Waals surface area contributed by atoms with Gasteiger partial charge < -0.3 is 14.8 Å². The zero-order valence-electron chi connectivity index (χ0n) is 11.8. The third-order valence-electron chi connectivity index (χ3n) is 2.92. The van der Waals surface area contributed by atoms with E-state index in [-0.39, 0.29) is 11.3 Å². The van der Waals surface area contributed by atoms with Crippen LogP contribution in [0.5, 0.6) is 0 Å². The number of hydrogen-bond acceptors (Lipinski definition) is 5. The van der Waals surface area contributed by atoms with Crippen molar-refractivity contribution in [1.29, 1.82) is 0 Å². The topological polar surface area (TPSA) is 92.4 Å². The molecular formula is C14H16N2O4S. The van der Waals surface area contributed by atoms with Crippen LogP contribution in [0.3, 0.4) is 0 Å². The first-order valence-corrected chi connectivity index (χ1v) is 7.50. The monoisotopic (exact) mass is 308 g/mol. The molecule has 2 rings (SSSR count). The van der Waals surface area contributed by atoms with E-state index in [9.17, 15) is 9.59 Å². The Morgan fingerprint density at radius 1 is 1.38 bits per heavy atom. The molecule has 0 saturated carbocycles. The maximum atomic E-state index is 12.0. The van der Waals surface area contributed by atoms with Crippen LogP contribution in [0.2, 0.25) is 0 Å². The largest absolute Gasteiger partial charge is 0.478 e. The number of furan rings is 1. The average molecular weight is 308 g/mol. The lowest BCUT2D eigenvalue weighted by Gasteiger charge is -2.00. The van der Waals surface area contributed by atoms with Crippen LogP contribution in [0.4, 0.5) is 0 Å². The smallest absolute Gasteiger partial charge is 0.339 e. The van der Waals surface area contributed by atoms with E-state index in [4.69, 9.17) is 9.52 Å². The molecule has 112 valence electrons. The normalized spacial score (nSPS) is 10.6. The van der Waals surface area contributed by atoms with Gasteiger partial charge in [0.25, 0.3) is 5.91 Å². The fraction of sp³-hybridized carbons (Fsp3) is 0.357. The molecule has 2 heterocycles. The Kier molecular flexibility index (Phi) is 4.74. The Bertz CT molecular complexity index is 660. The van der Waals surface area contributed by atoms with Crippen LogP contribution in [-0.4, -0.2) is 22.0 Å². The maximum absolute atomic E-state index is 12.0. The summed E-state index contributed by atoms with van der Waals surface area (Å²) >= 11 is 1.55. The Balaban J connectivity index is 2.04. The van der Waals surface area contributed by atoms with Crippen LogP contribution < -0.4 is 5.32 Å². The van der Waals surface area contributed by atoms with Gasteiger partial charge in [0.15, 0.2) is 5.76 Å². The summed E-state index contributed by atoms with van der Waals surface area (Å²) in [6, 6.07) is 1.26. The first-order chi connectivity index (χ1) is 10.0. The summed E-state index contributed by atoms with van der Waals surface area (Å²) in [6.07, 6.45) is 1.28. The van der Waals surface area contributed by atoms with Crippen LogP contribution in [-0.2, 0) is 19.4 Å². The van der Waals surface area contributed by atoms with Gasteiger partial charge in [-0.3, -0.25) is 4.79 Å². The Morgan fingerprint density at radius 2 is 2.14 bits per heavy atom. The molecule has 0 unspecified atom stereocenters. The highest BCUT2D eigenvalue weighted by atomic mass is 32.1. The molecule has 2 aromatic rings. The van der Waals surface area contributed by atoms with Crippen molar-refractivity contribution >= 4 is 23.2 Å². The minimum absolute atomic E-state index is 0.00944. The van der Waals surface area contributed by atoms with E-state index in [1.165, 1.54) is 6.07 Å². The second-order valence-corrected chi connectivity index (χ2v) is 5.32. The van der Waals surface area contributed by atoms with E-state index in [1.807, 2.05) is 12.3 Å². The molecule has 0 aliphatic heterocycles. The average Bonchev–Trinajstić information content (AvgIpc) is 3.10. The summed E-state index contributed by atoms with van der Waals surface area (Å²) in [5.41, 5.74) is 0.815. The van der Waals surface area contributed by atoms with Crippen molar-refractivity contribution in [2.45, 2.75) is 33.2 Å². The number of amides is 1. The summed E-state index contributed by atoms with van der Waals surface area (Å²) in [5.74, 6) is -1.23. The van der Waals surface area contributed by atoms with Gasteiger partial charge in [-0.15, -0.1) is 11.3 Å². The highest BCUT2D eigenvalue weighted by Gasteiger charge is 2.19. The van der Waals surface area contributed by atoms with Gasteiger partial charge in [0, 0.05) is 17.9 Å². The molecule has 2 N–H and O–H groups in total. The molecule has 0 fully saturated rings. The molecule has 2 aromatic heterocycles. The fourth-order valence-corrected chi connectivity index (χ4v) is 2.58. The minimum atomic E-state index is -1.10. The number of carboxylic acids is 1. The van der Waals surface area contributed by atoms with Gasteiger partial charge in [-0.2, -0.15) is 0 Å². The number of carbonyl (C=O) groups excluding carboxylic acids is 1. The number of carboxylic acid groups (broad SMARTS) is 1. The Morgan fingerprint density at radius 3 is 2.67 bits per heavy atom. The maximum Gasteiger partial charge on any atom is 0.339 e. The van der Waals surface area contributed by atoms with Crippen molar-refractivity contribution in [3.05, 3.63) is 39.2 Å². The molecule has 0 aliphatic carbocycles. The number of nitrogens with zero attached hydrogens (tertiary/aromatic N) is 1. The molecule has 0 aliphatic rings. The van der Waals surface area contributed by atoms with Gasteiger partial charge in [0.1, 0.15) is 11.3 Å². The van der Waals surface area contributed by atoms with Gasteiger partial charge in [-0.05, 0) is 6.42 Å². The van der Waals surface area contributed by atoms with Crippen molar-refractivity contribution in [1.82, 2.24) is 10.3 Å². The highest BCUT2D eigenvalue weighted by molar-refractivity contribution is 7.09. The molecular weight excluding hydrogens is 292 g/mol. The molecule has 0 atom stereocenters. The van der Waals surface area contributed by atoms with Crippen LogP contribution >= 0.6 is 11.3 Å². The lowest BCUT2D eigenvalue weighted by Crippen LogP contribution is -2.22. The zero-order valence-corrected chi connectivity index (χ0v) is 12.6. The number of thiazole rings is 1. The summed E-state index contributed by atoms with van der Waals surface area (Å²) < 4.78 is 5.29. The van der Waals surface area contributed by atoms with Crippen LogP contribution in [0, 0.1) is 0 Å². The van der Waals surface area contributed by atoms with E-state index in [2.05, 4.69) is 10.3 Å². The quantitative estimate of drug-likeness (QED) is 0.855.